The Bertz CT molecular complexity index is 1010. The van der Waals surface area contributed by atoms with E-state index in [1.165, 1.54) is 0 Å². The van der Waals surface area contributed by atoms with Gasteiger partial charge >= 0.3 is 0 Å². The molecule has 0 unspecified atom stereocenters. The van der Waals surface area contributed by atoms with Crippen LogP contribution in [0, 0.1) is 0 Å². The van der Waals surface area contributed by atoms with Crippen molar-refractivity contribution in [2.24, 2.45) is 0 Å². The summed E-state index contributed by atoms with van der Waals surface area (Å²) in [6.45, 7) is 2.41. The van der Waals surface area contributed by atoms with Crippen molar-refractivity contribution in [3.8, 4) is 23.1 Å². The first-order valence-corrected chi connectivity index (χ1v) is 8.46. The highest BCUT2D eigenvalue weighted by Gasteiger charge is 2.21. The molecule has 4 aromatic heterocycles. The van der Waals surface area contributed by atoms with Gasteiger partial charge in [-0.15, -0.1) is 0 Å². The zero-order chi connectivity index (χ0) is 17.3. The van der Waals surface area contributed by atoms with Crippen molar-refractivity contribution in [1.29, 1.82) is 0 Å². The minimum atomic E-state index is 0.641. The first-order valence-electron chi connectivity index (χ1n) is 8.46. The first-order chi connectivity index (χ1) is 12.8. The van der Waals surface area contributed by atoms with Gasteiger partial charge in [-0.05, 0) is 24.3 Å². The van der Waals surface area contributed by atoms with E-state index < -0.39 is 0 Å². The fraction of sp³-hybridized carbons (Fsp3) is 0.211. The van der Waals surface area contributed by atoms with Crippen molar-refractivity contribution in [3.05, 3.63) is 66.0 Å². The summed E-state index contributed by atoms with van der Waals surface area (Å²) in [5.74, 6) is 2.67. The van der Waals surface area contributed by atoms with Gasteiger partial charge in [0.2, 0.25) is 5.76 Å². The van der Waals surface area contributed by atoms with Gasteiger partial charge in [-0.25, -0.2) is 9.97 Å². The van der Waals surface area contributed by atoms with Crippen LogP contribution < -0.4 is 0 Å². The van der Waals surface area contributed by atoms with E-state index in [1.807, 2.05) is 36.5 Å². The highest BCUT2D eigenvalue weighted by atomic mass is 16.5. The van der Waals surface area contributed by atoms with E-state index in [0.717, 1.165) is 36.5 Å². The summed E-state index contributed by atoms with van der Waals surface area (Å²) < 4.78 is 16.1. The molecule has 7 nitrogen and oxygen atoms in total. The molecule has 1 aliphatic rings. The van der Waals surface area contributed by atoms with Crippen LogP contribution in [0.2, 0.25) is 0 Å². The molecule has 0 N–H and O–H groups in total. The summed E-state index contributed by atoms with van der Waals surface area (Å²) in [5.41, 5.74) is 3.10. The highest BCUT2D eigenvalue weighted by Crippen LogP contribution is 2.24. The number of hydrogen-bond acceptors (Lipinski definition) is 7. The Hall–Kier alpha value is -3.19. The third-order valence-electron chi connectivity index (χ3n) is 4.46. The van der Waals surface area contributed by atoms with Gasteiger partial charge in [-0.1, -0.05) is 5.16 Å². The number of aromatic nitrogens is 3. The van der Waals surface area contributed by atoms with Gasteiger partial charge in [0.15, 0.2) is 17.3 Å². The molecule has 4 aromatic rings. The van der Waals surface area contributed by atoms with E-state index in [0.29, 0.717) is 29.6 Å². The molecule has 0 aromatic carbocycles. The molecular weight excluding hydrogens is 332 g/mol. The van der Waals surface area contributed by atoms with Crippen molar-refractivity contribution >= 4 is 0 Å². The maximum Gasteiger partial charge on any atom is 0.202 e. The topological polar surface area (TPSA) is 81.3 Å². The van der Waals surface area contributed by atoms with E-state index in [9.17, 15) is 0 Å². The SMILES string of the molecule is c1coc(-c2ncc3c(n2)CCN(Cc2cc(-c4ccco4)on2)C3)c1. The predicted octanol–water partition coefficient (Wildman–Crippen LogP) is 3.54. The van der Waals surface area contributed by atoms with Crippen LogP contribution in [0.3, 0.4) is 0 Å². The Labute approximate surface area is 149 Å². The number of fused-ring (bicyclic) bond motifs is 1. The first kappa shape index (κ1) is 15.1. The molecule has 0 saturated heterocycles. The Kier molecular flexibility index (Phi) is 3.64. The van der Waals surface area contributed by atoms with Crippen LogP contribution in [-0.2, 0) is 19.5 Å². The lowest BCUT2D eigenvalue weighted by atomic mass is 10.1. The number of furan rings is 2. The third kappa shape index (κ3) is 2.82. The molecule has 5 rings (SSSR count). The quantitative estimate of drug-likeness (QED) is 0.558. The van der Waals surface area contributed by atoms with Crippen LogP contribution >= 0.6 is 0 Å². The normalized spacial score (nSPS) is 14.5. The molecule has 0 aliphatic carbocycles. The molecule has 1 aliphatic heterocycles. The smallest absolute Gasteiger partial charge is 0.202 e. The van der Waals surface area contributed by atoms with Crippen molar-refractivity contribution < 1.29 is 13.4 Å². The second-order valence-corrected chi connectivity index (χ2v) is 6.26. The molecule has 5 heterocycles. The largest absolute Gasteiger partial charge is 0.461 e. The predicted molar refractivity (Wildman–Crippen MR) is 91.8 cm³/mol. The van der Waals surface area contributed by atoms with Gasteiger partial charge in [-0.3, -0.25) is 4.90 Å². The zero-order valence-corrected chi connectivity index (χ0v) is 14.0. The lowest BCUT2D eigenvalue weighted by Crippen LogP contribution is -2.31. The fourth-order valence-electron chi connectivity index (χ4n) is 3.18. The average Bonchev–Trinajstić information content (AvgIpc) is 3.42. The number of nitrogens with zero attached hydrogens (tertiary/aromatic N) is 4. The van der Waals surface area contributed by atoms with Gasteiger partial charge in [0.05, 0.1) is 23.9 Å². The Balaban J connectivity index is 1.30. The molecule has 0 radical (unpaired) electrons. The standard InChI is InChI=1S/C19H16N4O3/c1-3-16(24-7-1)18-9-14(22-26-18)12-23-6-5-15-13(11-23)10-20-19(21-15)17-4-2-8-25-17/h1-4,7-10H,5-6,11-12H2. The second kappa shape index (κ2) is 6.27. The van der Waals surface area contributed by atoms with E-state index >= 15 is 0 Å². The van der Waals surface area contributed by atoms with E-state index in [1.54, 1.807) is 12.5 Å². The summed E-state index contributed by atoms with van der Waals surface area (Å²) >= 11 is 0. The molecule has 0 bridgehead atoms. The summed E-state index contributed by atoms with van der Waals surface area (Å²) in [6.07, 6.45) is 6.02. The van der Waals surface area contributed by atoms with E-state index in [4.69, 9.17) is 13.4 Å². The van der Waals surface area contributed by atoms with Gasteiger partial charge < -0.3 is 13.4 Å². The Morgan fingerprint density at radius 1 is 1.04 bits per heavy atom. The van der Waals surface area contributed by atoms with Crippen LogP contribution in [-0.4, -0.2) is 26.6 Å². The zero-order valence-electron chi connectivity index (χ0n) is 14.0. The van der Waals surface area contributed by atoms with Crippen molar-refractivity contribution in [1.82, 2.24) is 20.0 Å². The molecule has 130 valence electrons. The van der Waals surface area contributed by atoms with Crippen LogP contribution in [0.1, 0.15) is 17.0 Å². The van der Waals surface area contributed by atoms with Crippen molar-refractivity contribution in [3.63, 3.8) is 0 Å². The van der Waals surface area contributed by atoms with Crippen LogP contribution in [0.25, 0.3) is 23.1 Å². The van der Waals surface area contributed by atoms with Crippen LogP contribution in [0.5, 0.6) is 0 Å². The number of rotatable bonds is 4. The van der Waals surface area contributed by atoms with Crippen LogP contribution in [0.15, 0.2) is 62.4 Å². The molecule has 0 amide bonds. The molecule has 0 atom stereocenters. The molecule has 26 heavy (non-hydrogen) atoms. The Morgan fingerprint density at radius 2 is 1.88 bits per heavy atom. The maximum atomic E-state index is 5.38. The fourth-order valence-corrected chi connectivity index (χ4v) is 3.18. The van der Waals surface area contributed by atoms with Crippen molar-refractivity contribution in [2.75, 3.05) is 6.54 Å². The van der Waals surface area contributed by atoms with Gasteiger partial charge in [0.25, 0.3) is 0 Å². The maximum absolute atomic E-state index is 5.38. The number of hydrogen-bond donors (Lipinski definition) is 0. The summed E-state index contributed by atoms with van der Waals surface area (Å²) in [5, 5.41) is 4.15. The second-order valence-electron chi connectivity index (χ2n) is 6.26. The molecule has 0 saturated carbocycles. The van der Waals surface area contributed by atoms with Gasteiger partial charge in [0, 0.05) is 43.9 Å². The molecule has 0 fully saturated rings. The summed E-state index contributed by atoms with van der Waals surface area (Å²) in [4.78, 5) is 11.4. The molecular formula is C19H16N4O3. The average molecular weight is 348 g/mol. The van der Waals surface area contributed by atoms with E-state index in [2.05, 4.69) is 20.0 Å². The van der Waals surface area contributed by atoms with Gasteiger partial charge in [-0.2, -0.15) is 0 Å². The van der Waals surface area contributed by atoms with Crippen molar-refractivity contribution in [2.45, 2.75) is 19.5 Å². The Morgan fingerprint density at radius 3 is 2.69 bits per heavy atom. The minimum absolute atomic E-state index is 0.641. The third-order valence-corrected chi connectivity index (χ3v) is 4.46. The lowest BCUT2D eigenvalue weighted by Gasteiger charge is -2.27. The lowest BCUT2D eigenvalue weighted by molar-refractivity contribution is 0.235. The minimum Gasteiger partial charge on any atom is -0.461 e. The highest BCUT2D eigenvalue weighted by molar-refractivity contribution is 5.49. The van der Waals surface area contributed by atoms with Gasteiger partial charge in [0.1, 0.15) is 0 Å². The van der Waals surface area contributed by atoms with E-state index in [-0.39, 0.29) is 0 Å². The monoisotopic (exact) mass is 348 g/mol. The summed E-state index contributed by atoms with van der Waals surface area (Å²) in [6, 6.07) is 9.32. The molecule has 0 spiro atoms. The van der Waals surface area contributed by atoms with Crippen LogP contribution in [0.4, 0.5) is 0 Å². The summed E-state index contributed by atoms with van der Waals surface area (Å²) in [7, 11) is 0. The molecule has 7 heteroatoms.